The van der Waals surface area contributed by atoms with Crippen LogP contribution in [0.4, 0.5) is 0 Å². The zero-order chi connectivity index (χ0) is 20.8. The Kier molecular flexibility index (Phi) is 7.75. The minimum atomic E-state index is -1.59. The van der Waals surface area contributed by atoms with Crippen LogP contribution in [0.3, 0.4) is 0 Å². The second kappa shape index (κ2) is 9.82. The van der Waals surface area contributed by atoms with Crippen molar-refractivity contribution >= 4 is 12.0 Å². The number of benzene rings is 1. The molecule has 1 aromatic rings. The molecular formula is C18H24O10. The van der Waals surface area contributed by atoms with E-state index in [4.69, 9.17) is 19.3 Å². The van der Waals surface area contributed by atoms with Gasteiger partial charge in [-0.2, -0.15) is 0 Å². The van der Waals surface area contributed by atoms with Crippen molar-refractivity contribution in [2.75, 3.05) is 13.2 Å². The number of aliphatic hydroxyl groups is 4. The van der Waals surface area contributed by atoms with Crippen LogP contribution >= 0.6 is 0 Å². The lowest BCUT2D eigenvalue weighted by Crippen LogP contribution is -2.60. The minimum Gasteiger partial charge on any atom is -0.504 e. The van der Waals surface area contributed by atoms with Gasteiger partial charge < -0.3 is 44.8 Å². The monoisotopic (exact) mass is 400 g/mol. The molecule has 1 fully saturated rings. The van der Waals surface area contributed by atoms with Crippen molar-refractivity contribution in [1.29, 1.82) is 0 Å². The predicted octanol–water partition coefficient (Wildman–Crippen LogP) is -1.14. The molecule has 0 aliphatic carbocycles. The number of phenols is 2. The van der Waals surface area contributed by atoms with E-state index in [1.54, 1.807) is 0 Å². The van der Waals surface area contributed by atoms with Gasteiger partial charge in [0.05, 0.1) is 12.7 Å². The lowest BCUT2D eigenvalue weighted by atomic mass is 9.99. The van der Waals surface area contributed by atoms with Crippen LogP contribution in [0, 0.1) is 0 Å². The smallest absolute Gasteiger partial charge is 0.330 e. The molecule has 0 aromatic heterocycles. The quantitative estimate of drug-likeness (QED) is 0.187. The number of phenolic OH excluding ortho intramolecular Hbond substituents is 2. The van der Waals surface area contributed by atoms with Crippen LogP contribution < -0.4 is 0 Å². The SMILES string of the molecule is CC(CO)O[C@@H]1O[C@H](COC(=O)/C=C/c2ccc(O)c(O)c2)[C@@H](O)[C@H](O)[C@H]1O. The zero-order valence-corrected chi connectivity index (χ0v) is 15.1. The molecule has 10 heteroatoms. The number of hydrogen-bond donors (Lipinski definition) is 6. The van der Waals surface area contributed by atoms with Gasteiger partial charge in [0.15, 0.2) is 17.8 Å². The van der Waals surface area contributed by atoms with Crippen molar-refractivity contribution in [2.45, 2.75) is 43.7 Å². The van der Waals surface area contributed by atoms with Crippen molar-refractivity contribution < 1.29 is 49.6 Å². The van der Waals surface area contributed by atoms with Gasteiger partial charge in [-0.05, 0) is 30.7 Å². The van der Waals surface area contributed by atoms with Gasteiger partial charge in [-0.25, -0.2) is 4.79 Å². The molecule has 1 saturated heterocycles. The molecule has 28 heavy (non-hydrogen) atoms. The largest absolute Gasteiger partial charge is 0.504 e. The number of esters is 1. The van der Waals surface area contributed by atoms with Gasteiger partial charge >= 0.3 is 5.97 Å². The summed E-state index contributed by atoms with van der Waals surface area (Å²) in [6, 6.07) is 3.97. The fourth-order valence-electron chi connectivity index (χ4n) is 2.46. The molecule has 6 N–H and O–H groups in total. The zero-order valence-electron chi connectivity index (χ0n) is 15.1. The van der Waals surface area contributed by atoms with Gasteiger partial charge in [-0.3, -0.25) is 0 Å². The van der Waals surface area contributed by atoms with Crippen molar-refractivity contribution in [2.24, 2.45) is 0 Å². The van der Waals surface area contributed by atoms with Crippen LogP contribution in [0.15, 0.2) is 24.3 Å². The summed E-state index contributed by atoms with van der Waals surface area (Å²) in [5, 5.41) is 57.5. The van der Waals surface area contributed by atoms with Gasteiger partial charge in [0.25, 0.3) is 0 Å². The molecule has 1 aliphatic rings. The molecule has 2 rings (SSSR count). The van der Waals surface area contributed by atoms with Gasteiger partial charge in [-0.1, -0.05) is 6.07 Å². The first-order chi connectivity index (χ1) is 13.2. The maximum Gasteiger partial charge on any atom is 0.330 e. The van der Waals surface area contributed by atoms with E-state index in [2.05, 4.69) is 0 Å². The van der Waals surface area contributed by atoms with Crippen LogP contribution in [0.25, 0.3) is 6.08 Å². The molecule has 0 spiro atoms. The standard InChI is InChI=1S/C18H24O10/c1-9(7-19)27-18-17(25)16(24)15(23)13(28-18)8-26-14(22)5-3-10-2-4-11(20)12(21)6-10/h2-6,9,13,15-21,23-25H,7-8H2,1H3/b5-3+/t9?,13-,15-,16+,17-,18-/m1/s1. The Hall–Kier alpha value is -2.21. The molecule has 1 heterocycles. The summed E-state index contributed by atoms with van der Waals surface area (Å²) in [6.07, 6.45) is -5.42. The molecule has 0 saturated carbocycles. The fraction of sp³-hybridized carbons (Fsp3) is 0.500. The summed E-state index contributed by atoms with van der Waals surface area (Å²) in [4.78, 5) is 11.8. The number of aromatic hydroxyl groups is 2. The van der Waals surface area contributed by atoms with Gasteiger partial charge in [0, 0.05) is 6.08 Å². The maximum absolute atomic E-state index is 11.8. The van der Waals surface area contributed by atoms with Crippen LogP contribution in [0.2, 0.25) is 0 Å². The molecule has 6 atom stereocenters. The van der Waals surface area contributed by atoms with Gasteiger partial charge in [-0.15, -0.1) is 0 Å². The molecule has 1 aromatic carbocycles. The van der Waals surface area contributed by atoms with E-state index in [1.807, 2.05) is 0 Å². The van der Waals surface area contributed by atoms with Crippen molar-refractivity contribution in [3.63, 3.8) is 0 Å². The number of carbonyl (C=O) groups is 1. The molecule has 156 valence electrons. The highest BCUT2D eigenvalue weighted by atomic mass is 16.7. The average molecular weight is 400 g/mol. The second-order valence-corrected chi connectivity index (χ2v) is 6.36. The Morgan fingerprint density at radius 1 is 1.18 bits per heavy atom. The van der Waals surface area contributed by atoms with Crippen LogP contribution in [-0.4, -0.2) is 86.6 Å². The molecule has 0 radical (unpaired) electrons. The summed E-state index contributed by atoms with van der Waals surface area (Å²) in [6.45, 7) is 0.749. The molecule has 10 nitrogen and oxygen atoms in total. The predicted molar refractivity (Wildman–Crippen MR) is 94.1 cm³/mol. The Labute approximate surface area is 160 Å². The molecule has 1 unspecified atom stereocenters. The lowest BCUT2D eigenvalue weighted by Gasteiger charge is -2.40. The second-order valence-electron chi connectivity index (χ2n) is 6.36. The first-order valence-electron chi connectivity index (χ1n) is 8.55. The lowest BCUT2D eigenvalue weighted by molar-refractivity contribution is -0.311. The summed E-state index contributed by atoms with van der Waals surface area (Å²) in [5.41, 5.74) is 0.436. The summed E-state index contributed by atoms with van der Waals surface area (Å²) in [5.74, 6) is -1.42. The van der Waals surface area contributed by atoms with Crippen molar-refractivity contribution in [1.82, 2.24) is 0 Å². The Morgan fingerprint density at radius 2 is 1.89 bits per heavy atom. The van der Waals surface area contributed by atoms with E-state index in [-0.39, 0.29) is 18.1 Å². The third kappa shape index (κ3) is 5.64. The molecular weight excluding hydrogens is 376 g/mol. The summed E-state index contributed by atoms with van der Waals surface area (Å²) in [7, 11) is 0. The van der Waals surface area contributed by atoms with Gasteiger partial charge in [0.2, 0.25) is 0 Å². The summed E-state index contributed by atoms with van der Waals surface area (Å²) < 4.78 is 15.6. The van der Waals surface area contributed by atoms with E-state index >= 15 is 0 Å². The van der Waals surface area contributed by atoms with Crippen molar-refractivity contribution in [3.05, 3.63) is 29.8 Å². The highest BCUT2D eigenvalue weighted by Gasteiger charge is 2.45. The van der Waals surface area contributed by atoms with Crippen LogP contribution in [0.5, 0.6) is 11.5 Å². The average Bonchev–Trinajstić information content (AvgIpc) is 2.68. The fourth-order valence-corrected chi connectivity index (χ4v) is 2.46. The van der Waals surface area contributed by atoms with Gasteiger partial charge in [0.1, 0.15) is 31.0 Å². The Bertz CT molecular complexity index is 691. The normalized spacial score (nSPS) is 29.0. The van der Waals surface area contributed by atoms with E-state index in [9.17, 15) is 30.3 Å². The highest BCUT2D eigenvalue weighted by molar-refractivity contribution is 5.87. The third-order valence-corrected chi connectivity index (χ3v) is 4.09. The number of rotatable bonds is 7. The Morgan fingerprint density at radius 3 is 2.54 bits per heavy atom. The van der Waals surface area contributed by atoms with E-state index in [0.29, 0.717) is 5.56 Å². The Balaban J connectivity index is 1.92. The van der Waals surface area contributed by atoms with Crippen LogP contribution in [0.1, 0.15) is 12.5 Å². The first-order valence-corrected chi connectivity index (χ1v) is 8.55. The number of ether oxygens (including phenoxy) is 3. The molecule has 1 aliphatic heterocycles. The third-order valence-electron chi connectivity index (χ3n) is 4.09. The topological polar surface area (TPSA) is 166 Å². The number of aliphatic hydroxyl groups excluding tert-OH is 4. The summed E-state index contributed by atoms with van der Waals surface area (Å²) >= 11 is 0. The first kappa shape index (κ1) is 22.1. The van der Waals surface area contributed by atoms with Crippen LogP contribution in [-0.2, 0) is 19.0 Å². The minimum absolute atomic E-state index is 0.295. The maximum atomic E-state index is 11.8. The number of carbonyl (C=O) groups excluding carboxylic acids is 1. The molecule has 0 bridgehead atoms. The number of hydrogen-bond acceptors (Lipinski definition) is 10. The molecule has 0 amide bonds. The van der Waals surface area contributed by atoms with E-state index < -0.39 is 49.4 Å². The van der Waals surface area contributed by atoms with Crippen molar-refractivity contribution in [3.8, 4) is 11.5 Å². The van der Waals surface area contributed by atoms with E-state index in [0.717, 1.165) is 6.08 Å². The highest BCUT2D eigenvalue weighted by Crippen LogP contribution is 2.26. The van der Waals surface area contributed by atoms with E-state index in [1.165, 1.54) is 31.2 Å².